The van der Waals surface area contributed by atoms with Crippen LogP contribution in [0.5, 0.6) is 0 Å². The van der Waals surface area contributed by atoms with Gasteiger partial charge in [-0.25, -0.2) is 0 Å². The first-order valence-electron chi connectivity index (χ1n) is 3.52. The van der Waals surface area contributed by atoms with Gasteiger partial charge in [-0.05, 0) is 0 Å². The molecule has 1 nitrogen and oxygen atoms in total. The van der Waals surface area contributed by atoms with Crippen molar-refractivity contribution in [2.75, 3.05) is 7.05 Å². The fraction of sp³-hybridized carbons (Fsp3) is 1.00. The Morgan fingerprint density at radius 2 is 1.67 bits per heavy atom. The molecule has 0 unspecified atom stereocenters. The van der Waals surface area contributed by atoms with Crippen LogP contribution >= 0.6 is 0 Å². The van der Waals surface area contributed by atoms with Gasteiger partial charge in [-0.1, -0.05) is 32.1 Å². The Balaban J connectivity index is 0.000000640. The molecule has 0 amide bonds. The largest absolute Gasteiger partial charge is 0.662 e. The average Bonchev–Trinajstić information content (AvgIpc) is 1.90. The summed E-state index contributed by atoms with van der Waals surface area (Å²) in [4.78, 5) is 0. The Morgan fingerprint density at radius 1 is 1.11 bits per heavy atom. The molecule has 51 valence electrons. The van der Waals surface area contributed by atoms with Gasteiger partial charge in [0.25, 0.3) is 0 Å². The first-order valence-corrected chi connectivity index (χ1v) is 3.52. The molecule has 1 fully saturated rings. The third kappa shape index (κ3) is 3.96. The van der Waals surface area contributed by atoms with Crippen LogP contribution in [-0.4, -0.2) is 13.1 Å². The van der Waals surface area contributed by atoms with Gasteiger partial charge in [0.15, 0.2) is 0 Å². The van der Waals surface area contributed by atoms with Crippen LogP contribution in [0.25, 0.3) is 5.32 Å². The molecule has 9 heavy (non-hydrogen) atoms. The van der Waals surface area contributed by atoms with Crippen LogP contribution in [0.3, 0.4) is 0 Å². The van der Waals surface area contributed by atoms with Crippen molar-refractivity contribution in [1.29, 1.82) is 0 Å². The van der Waals surface area contributed by atoms with Crippen LogP contribution < -0.4 is 0 Å². The van der Waals surface area contributed by atoms with Crippen LogP contribution in [0.2, 0.25) is 0 Å². The number of hydrogen-bond donors (Lipinski definition) is 0. The van der Waals surface area contributed by atoms with Gasteiger partial charge in [-0.2, -0.15) is 7.05 Å². The molecule has 0 saturated heterocycles. The van der Waals surface area contributed by atoms with E-state index in [-0.39, 0.29) is 44.1 Å². The fourth-order valence-electron chi connectivity index (χ4n) is 1.34. The minimum Gasteiger partial charge on any atom is -0.662 e. The molecule has 1 saturated carbocycles. The maximum absolute atomic E-state index is 4.25. The summed E-state index contributed by atoms with van der Waals surface area (Å²) >= 11 is 0. The van der Waals surface area contributed by atoms with Crippen LogP contribution in [0.15, 0.2) is 0 Å². The van der Waals surface area contributed by atoms with Crippen LogP contribution in [0, 0.1) is 44.1 Å². The topological polar surface area (TPSA) is 14.1 Å². The van der Waals surface area contributed by atoms with E-state index in [0.717, 1.165) is 0 Å². The van der Waals surface area contributed by atoms with E-state index in [9.17, 15) is 0 Å². The number of hydrogen-bond acceptors (Lipinski definition) is 0. The first-order chi connectivity index (χ1) is 3.93. The molecule has 0 aliphatic heterocycles. The maximum Gasteiger partial charge on any atom is 0 e. The van der Waals surface area contributed by atoms with Gasteiger partial charge in [0.05, 0.1) is 0 Å². The van der Waals surface area contributed by atoms with E-state index in [0.29, 0.717) is 6.04 Å². The molecule has 1 radical (unpaired) electrons. The third-order valence-corrected chi connectivity index (χ3v) is 1.94. The first kappa shape index (κ1) is 10.4. The summed E-state index contributed by atoms with van der Waals surface area (Å²) in [6, 6.07) is 0.712. The molecule has 0 N–H and O–H groups in total. The summed E-state index contributed by atoms with van der Waals surface area (Å²) in [6.07, 6.45) is 6.93. The van der Waals surface area contributed by atoms with E-state index in [1.54, 1.807) is 0 Å². The predicted molar refractivity (Wildman–Crippen MR) is 36.2 cm³/mol. The minimum absolute atomic E-state index is 0. The second-order valence-electron chi connectivity index (χ2n) is 2.55. The van der Waals surface area contributed by atoms with E-state index < -0.39 is 0 Å². The monoisotopic (exact) mass is 339 g/mol. The van der Waals surface area contributed by atoms with E-state index in [1.165, 1.54) is 32.1 Å². The second-order valence-corrected chi connectivity index (χ2v) is 2.55. The van der Waals surface area contributed by atoms with Gasteiger partial charge in [0.1, 0.15) is 0 Å². The van der Waals surface area contributed by atoms with Gasteiger partial charge in [-0.3, -0.25) is 0 Å². The summed E-state index contributed by atoms with van der Waals surface area (Å²) in [5.41, 5.74) is 0. The molecule has 0 aromatic heterocycles. The zero-order valence-corrected chi connectivity index (χ0v) is 10.9. The summed E-state index contributed by atoms with van der Waals surface area (Å²) < 4.78 is 0. The van der Waals surface area contributed by atoms with Crippen molar-refractivity contribution in [3.05, 3.63) is 5.32 Å². The van der Waals surface area contributed by atoms with Crippen LogP contribution in [0.1, 0.15) is 32.1 Å². The molecule has 0 aromatic carbocycles. The Morgan fingerprint density at radius 3 is 2.00 bits per heavy atom. The van der Waals surface area contributed by atoms with Crippen molar-refractivity contribution < 1.29 is 44.1 Å². The molecular weight excluding hydrogens is 325 g/mol. The van der Waals surface area contributed by atoms with Gasteiger partial charge in [0, 0.05) is 44.1 Å². The molecule has 1 aliphatic rings. The van der Waals surface area contributed by atoms with Gasteiger partial charge in [0.2, 0.25) is 0 Å². The summed E-state index contributed by atoms with van der Waals surface area (Å²) in [6.45, 7) is 0. The normalized spacial score (nSPS) is 21.0. The fourth-order valence-corrected chi connectivity index (χ4v) is 1.34. The predicted octanol–water partition coefficient (Wildman–Crippen LogP) is 2.32. The molecule has 1 aliphatic carbocycles. The zero-order chi connectivity index (χ0) is 5.82. The Labute approximate surface area is 93.5 Å². The van der Waals surface area contributed by atoms with Crippen LogP contribution in [0.4, 0.5) is 0 Å². The minimum atomic E-state index is 0. The third-order valence-electron chi connectivity index (χ3n) is 1.94. The number of nitrogens with zero attached hydrogens (tertiary/aromatic N) is 1. The van der Waals surface area contributed by atoms with E-state index >= 15 is 0 Å². The SMILES string of the molecule is C[N-]C1CCCCC1.[Ac]. The van der Waals surface area contributed by atoms with Crippen molar-refractivity contribution in [3.8, 4) is 0 Å². The Hall–Kier alpha value is 1.40. The molecule has 1 rings (SSSR count). The Bertz CT molecular complexity index is 59.9. The standard InChI is InChI=1S/C7H14N.Ac/c1-8-7-5-3-2-4-6-7;/h7H,2-6H2,1H3;/q-1;. The van der Waals surface area contributed by atoms with Crippen LogP contribution in [-0.2, 0) is 0 Å². The second kappa shape index (κ2) is 6.13. The van der Waals surface area contributed by atoms with Gasteiger partial charge < -0.3 is 5.32 Å². The van der Waals surface area contributed by atoms with Crippen molar-refractivity contribution in [2.24, 2.45) is 0 Å². The zero-order valence-electron chi connectivity index (χ0n) is 6.14. The van der Waals surface area contributed by atoms with Crippen molar-refractivity contribution >= 4 is 0 Å². The van der Waals surface area contributed by atoms with Crippen molar-refractivity contribution in [3.63, 3.8) is 0 Å². The molecule has 0 spiro atoms. The van der Waals surface area contributed by atoms with E-state index in [1.807, 2.05) is 7.05 Å². The quantitative estimate of drug-likeness (QED) is 0.696. The Kier molecular flexibility index (Phi) is 7.09. The summed E-state index contributed by atoms with van der Waals surface area (Å²) in [5.74, 6) is 0. The summed E-state index contributed by atoms with van der Waals surface area (Å²) in [7, 11) is 1.94. The van der Waals surface area contributed by atoms with Gasteiger partial charge in [-0.15, -0.1) is 6.04 Å². The average molecular weight is 339 g/mol. The maximum atomic E-state index is 4.25. The molecular formula is C7H14AcN-. The van der Waals surface area contributed by atoms with Crippen molar-refractivity contribution in [2.45, 2.75) is 38.1 Å². The molecule has 0 heterocycles. The van der Waals surface area contributed by atoms with E-state index in [4.69, 9.17) is 0 Å². The summed E-state index contributed by atoms with van der Waals surface area (Å²) in [5, 5.41) is 4.25. The van der Waals surface area contributed by atoms with E-state index in [2.05, 4.69) is 5.32 Å². The molecule has 0 bridgehead atoms. The number of rotatable bonds is 1. The smallest absolute Gasteiger partial charge is 0 e. The molecule has 2 heteroatoms. The molecule has 0 aromatic rings. The van der Waals surface area contributed by atoms with Gasteiger partial charge >= 0.3 is 0 Å². The van der Waals surface area contributed by atoms with Crippen molar-refractivity contribution in [1.82, 2.24) is 0 Å². The molecule has 0 atom stereocenters.